The fourth-order valence-electron chi connectivity index (χ4n) is 2.82. The molecule has 1 saturated carbocycles. The molecule has 1 heterocycles. The van der Waals surface area contributed by atoms with Crippen LogP contribution in [0.15, 0.2) is 15.5 Å². The molecule has 0 unspecified atom stereocenters. The number of aromatic nitrogens is 2. The molecule has 0 saturated heterocycles. The van der Waals surface area contributed by atoms with Gasteiger partial charge in [-0.3, -0.25) is 4.79 Å². The number of hydrogen-bond donors (Lipinski definition) is 1. The molecule has 1 aliphatic rings. The summed E-state index contributed by atoms with van der Waals surface area (Å²) in [5.74, 6) is 0. The number of anilines is 1. The van der Waals surface area contributed by atoms with Crippen LogP contribution in [-0.2, 0) is 11.3 Å². The molecule has 1 aliphatic carbocycles. The first-order valence-corrected chi connectivity index (χ1v) is 8.33. The first-order chi connectivity index (χ1) is 10.1. The average Bonchev–Trinajstić information content (AvgIpc) is 2.48. The minimum Gasteiger partial charge on any atom is -0.383 e. The molecule has 0 bridgehead atoms. The highest BCUT2D eigenvalue weighted by molar-refractivity contribution is 9.10. The Morgan fingerprint density at radius 1 is 1.43 bits per heavy atom. The lowest BCUT2D eigenvalue weighted by Crippen LogP contribution is -2.31. The number of halogens is 1. The van der Waals surface area contributed by atoms with Crippen LogP contribution in [0.2, 0.25) is 0 Å². The van der Waals surface area contributed by atoms with E-state index in [1.165, 1.54) is 36.8 Å². The van der Waals surface area contributed by atoms with Crippen molar-refractivity contribution >= 4 is 21.6 Å². The van der Waals surface area contributed by atoms with Gasteiger partial charge in [0, 0.05) is 13.7 Å². The molecule has 1 fully saturated rings. The summed E-state index contributed by atoms with van der Waals surface area (Å²) in [6.45, 7) is 4.14. The first kappa shape index (κ1) is 16.5. The zero-order chi connectivity index (χ0) is 15.3. The Balaban J connectivity index is 2.03. The quantitative estimate of drug-likeness (QED) is 0.849. The second-order valence-corrected chi connectivity index (χ2v) is 6.91. The molecule has 5 nitrogen and oxygen atoms in total. The highest BCUT2D eigenvalue weighted by Gasteiger charge is 2.26. The van der Waals surface area contributed by atoms with E-state index >= 15 is 0 Å². The Morgan fingerprint density at radius 3 is 2.81 bits per heavy atom. The molecule has 0 aromatic carbocycles. The molecule has 1 aromatic heterocycles. The van der Waals surface area contributed by atoms with Crippen LogP contribution < -0.4 is 10.9 Å². The van der Waals surface area contributed by atoms with Crippen molar-refractivity contribution in [1.29, 1.82) is 0 Å². The Bertz CT molecular complexity index is 524. The summed E-state index contributed by atoms with van der Waals surface area (Å²) in [6.07, 6.45) is 8.15. The minimum absolute atomic E-state index is 0.120. The van der Waals surface area contributed by atoms with Gasteiger partial charge in [0.15, 0.2) is 0 Å². The maximum absolute atomic E-state index is 12.2. The summed E-state index contributed by atoms with van der Waals surface area (Å²) in [5.41, 5.74) is 0.981. The molecule has 1 aromatic rings. The Kier molecular flexibility index (Phi) is 5.81. The fraction of sp³-hybridized carbons (Fsp3) is 0.733. The number of ether oxygens (including phenoxy) is 1. The van der Waals surface area contributed by atoms with Crippen molar-refractivity contribution in [3.8, 4) is 0 Å². The van der Waals surface area contributed by atoms with Crippen molar-refractivity contribution in [2.75, 3.05) is 25.6 Å². The molecule has 0 atom stereocenters. The second kappa shape index (κ2) is 7.40. The van der Waals surface area contributed by atoms with Crippen molar-refractivity contribution in [3.63, 3.8) is 0 Å². The molecule has 0 amide bonds. The Labute approximate surface area is 134 Å². The predicted molar refractivity (Wildman–Crippen MR) is 87.8 cm³/mol. The van der Waals surface area contributed by atoms with E-state index in [0.717, 1.165) is 12.2 Å². The summed E-state index contributed by atoms with van der Waals surface area (Å²) in [4.78, 5) is 12.2. The van der Waals surface area contributed by atoms with Crippen LogP contribution in [0, 0.1) is 5.41 Å². The summed E-state index contributed by atoms with van der Waals surface area (Å²) in [7, 11) is 1.61. The van der Waals surface area contributed by atoms with Gasteiger partial charge in [-0.05, 0) is 34.2 Å². The van der Waals surface area contributed by atoms with Gasteiger partial charge in [0.05, 0.1) is 25.0 Å². The Morgan fingerprint density at radius 2 is 2.14 bits per heavy atom. The van der Waals surface area contributed by atoms with Crippen LogP contribution in [0.4, 0.5) is 5.69 Å². The minimum atomic E-state index is -0.120. The SMILES string of the molecule is COCCn1ncc(NCC2(C)CCCCC2)c(Br)c1=O. The van der Waals surface area contributed by atoms with Crippen molar-refractivity contribution < 1.29 is 4.74 Å². The van der Waals surface area contributed by atoms with Gasteiger partial charge in [0.2, 0.25) is 0 Å². The lowest BCUT2D eigenvalue weighted by molar-refractivity contribution is 0.181. The molecule has 21 heavy (non-hydrogen) atoms. The number of methoxy groups -OCH3 is 1. The number of nitrogens with one attached hydrogen (secondary N) is 1. The number of rotatable bonds is 6. The molecule has 0 spiro atoms. The highest BCUT2D eigenvalue weighted by atomic mass is 79.9. The maximum Gasteiger partial charge on any atom is 0.283 e. The number of hydrogen-bond acceptors (Lipinski definition) is 4. The fourth-order valence-corrected chi connectivity index (χ4v) is 3.26. The summed E-state index contributed by atoms with van der Waals surface area (Å²) in [6, 6.07) is 0. The van der Waals surface area contributed by atoms with E-state index in [9.17, 15) is 4.79 Å². The van der Waals surface area contributed by atoms with Crippen LogP contribution in [0.1, 0.15) is 39.0 Å². The van der Waals surface area contributed by atoms with E-state index < -0.39 is 0 Å². The zero-order valence-electron chi connectivity index (χ0n) is 12.8. The van der Waals surface area contributed by atoms with Gasteiger partial charge in [-0.2, -0.15) is 5.10 Å². The van der Waals surface area contributed by atoms with E-state index in [1.54, 1.807) is 13.3 Å². The summed E-state index contributed by atoms with van der Waals surface area (Å²) in [5, 5.41) is 7.59. The third-order valence-electron chi connectivity index (χ3n) is 4.26. The zero-order valence-corrected chi connectivity index (χ0v) is 14.4. The lowest BCUT2D eigenvalue weighted by atomic mass is 9.76. The third-order valence-corrected chi connectivity index (χ3v) is 5.02. The van der Waals surface area contributed by atoms with E-state index in [0.29, 0.717) is 23.0 Å². The molecular formula is C15H24BrN3O2. The summed E-state index contributed by atoms with van der Waals surface area (Å²) < 4.78 is 6.95. The van der Waals surface area contributed by atoms with Gasteiger partial charge >= 0.3 is 0 Å². The van der Waals surface area contributed by atoms with Gasteiger partial charge in [-0.25, -0.2) is 4.68 Å². The molecular weight excluding hydrogens is 334 g/mol. The summed E-state index contributed by atoms with van der Waals surface area (Å²) >= 11 is 3.39. The van der Waals surface area contributed by atoms with Crippen LogP contribution in [0.3, 0.4) is 0 Å². The maximum atomic E-state index is 12.2. The molecule has 2 rings (SSSR count). The monoisotopic (exact) mass is 357 g/mol. The van der Waals surface area contributed by atoms with Gasteiger partial charge < -0.3 is 10.1 Å². The molecule has 6 heteroatoms. The van der Waals surface area contributed by atoms with Crippen molar-refractivity contribution in [2.45, 2.75) is 45.6 Å². The Hall–Kier alpha value is -0.880. The van der Waals surface area contributed by atoms with Crippen molar-refractivity contribution in [3.05, 3.63) is 21.0 Å². The van der Waals surface area contributed by atoms with Gasteiger partial charge in [0.25, 0.3) is 5.56 Å². The molecule has 0 aliphatic heterocycles. The van der Waals surface area contributed by atoms with Gasteiger partial charge in [-0.15, -0.1) is 0 Å². The normalized spacial score (nSPS) is 17.7. The van der Waals surface area contributed by atoms with E-state index in [2.05, 4.69) is 33.3 Å². The van der Waals surface area contributed by atoms with Crippen LogP contribution >= 0.6 is 15.9 Å². The van der Waals surface area contributed by atoms with Gasteiger partial charge in [-0.1, -0.05) is 26.2 Å². The second-order valence-electron chi connectivity index (χ2n) is 6.12. The van der Waals surface area contributed by atoms with Crippen molar-refractivity contribution in [2.24, 2.45) is 5.41 Å². The van der Waals surface area contributed by atoms with Crippen LogP contribution in [0.5, 0.6) is 0 Å². The first-order valence-electron chi connectivity index (χ1n) is 7.54. The van der Waals surface area contributed by atoms with E-state index in [-0.39, 0.29) is 5.56 Å². The molecule has 118 valence electrons. The smallest absolute Gasteiger partial charge is 0.283 e. The topological polar surface area (TPSA) is 56.1 Å². The standard InChI is InChI=1S/C15H24BrN3O2/c1-15(6-4-3-5-7-15)11-17-12-10-18-19(8-9-21-2)14(20)13(12)16/h10,17H,3-9,11H2,1-2H3. The predicted octanol–water partition coefficient (Wildman–Crippen LogP) is 3.03. The highest BCUT2D eigenvalue weighted by Crippen LogP contribution is 2.36. The number of nitrogens with zero attached hydrogens (tertiary/aromatic N) is 2. The molecule has 0 radical (unpaired) electrons. The van der Waals surface area contributed by atoms with Crippen LogP contribution in [0.25, 0.3) is 0 Å². The van der Waals surface area contributed by atoms with Crippen molar-refractivity contribution in [1.82, 2.24) is 9.78 Å². The average molecular weight is 358 g/mol. The largest absolute Gasteiger partial charge is 0.383 e. The third kappa shape index (κ3) is 4.30. The van der Waals surface area contributed by atoms with Gasteiger partial charge in [0.1, 0.15) is 4.47 Å². The van der Waals surface area contributed by atoms with E-state index in [4.69, 9.17) is 4.74 Å². The van der Waals surface area contributed by atoms with E-state index in [1.807, 2.05) is 0 Å². The molecule has 1 N–H and O–H groups in total. The lowest BCUT2D eigenvalue weighted by Gasteiger charge is -2.34. The van der Waals surface area contributed by atoms with Crippen LogP contribution in [-0.4, -0.2) is 30.0 Å².